The molecule has 112 valence electrons. The van der Waals surface area contributed by atoms with E-state index in [1.54, 1.807) is 12.1 Å². The molecular weight excluding hydrogens is 276 g/mol. The highest BCUT2D eigenvalue weighted by molar-refractivity contribution is 5.71. The molecule has 0 saturated heterocycles. The Hall–Kier alpha value is -2.64. The van der Waals surface area contributed by atoms with Gasteiger partial charge in [0, 0.05) is 6.54 Å². The molecule has 0 unspecified atom stereocenters. The summed E-state index contributed by atoms with van der Waals surface area (Å²) >= 11 is 0. The molecule has 0 bridgehead atoms. The van der Waals surface area contributed by atoms with Gasteiger partial charge < -0.3 is 4.74 Å². The number of ether oxygens (including phenoxy) is 1. The van der Waals surface area contributed by atoms with Crippen LogP contribution in [0.5, 0.6) is 0 Å². The van der Waals surface area contributed by atoms with E-state index in [0.29, 0.717) is 18.8 Å². The van der Waals surface area contributed by atoms with Gasteiger partial charge in [0.15, 0.2) is 5.69 Å². The monoisotopic (exact) mass is 294 g/mol. The standard InChI is InChI=1S/C18H18N2O2/c1-19-17-10-8-15(9-11-17)12-20(2)13-18(21)22-14-16-6-4-3-5-7-16/h3-11H,12-14H2,2H3. The van der Waals surface area contributed by atoms with Gasteiger partial charge in [0.2, 0.25) is 0 Å². The molecule has 0 spiro atoms. The van der Waals surface area contributed by atoms with E-state index < -0.39 is 0 Å². The quantitative estimate of drug-likeness (QED) is 0.605. The van der Waals surface area contributed by atoms with Gasteiger partial charge in [-0.15, -0.1) is 0 Å². The smallest absolute Gasteiger partial charge is 0.320 e. The largest absolute Gasteiger partial charge is 0.460 e. The zero-order valence-corrected chi connectivity index (χ0v) is 12.5. The summed E-state index contributed by atoms with van der Waals surface area (Å²) in [5.41, 5.74) is 2.66. The number of benzene rings is 2. The van der Waals surface area contributed by atoms with Gasteiger partial charge >= 0.3 is 5.97 Å². The highest BCUT2D eigenvalue weighted by atomic mass is 16.5. The van der Waals surface area contributed by atoms with Crippen molar-refractivity contribution in [3.8, 4) is 0 Å². The molecule has 0 aliphatic rings. The molecule has 2 rings (SSSR count). The molecule has 2 aromatic rings. The van der Waals surface area contributed by atoms with E-state index in [9.17, 15) is 4.79 Å². The molecule has 0 heterocycles. The Labute approximate surface area is 130 Å². The molecule has 0 aliphatic carbocycles. The summed E-state index contributed by atoms with van der Waals surface area (Å²) in [5, 5.41) is 0. The first-order valence-electron chi connectivity index (χ1n) is 7.02. The number of likely N-dealkylation sites (N-methyl/N-ethyl adjacent to an activating group) is 1. The van der Waals surface area contributed by atoms with Crippen molar-refractivity contribution < 1.29 is 9.53 Å². The van der Waals surface area contributed by atoms with Crippen LogP contribution in [0.3, 0.4) is 0 Å². The SMILES string of the molecule is [C-]#[N+]c1ccc(CN(C)CC(=O)OCc2ccccc2)cc1. The fourth-order valence-corrected chi connectivity index (χ4v) is 2.05. The number of rotatable bonds is 6. The molecule has 4 nitrogen and oxygen atoms in total. The Kier molecular flexibility index (Phi) is 5.70. The highest BCUT2D eigenvalue weighted by Gasteiger charge is 2.08. The molecule has 0 atom stereocenters. The molecule has 2 aromatic carbocycles. The maximum atomic E-state index is 11.8. The number of hydrogen-bond acceptors (Lipinski definition) is 3. The molecule has 0 saturated carbocycles. The summed E-state index contributed by atoms with van der Waals surface area (Å²) in [6.45, 7) is 8.09. The third kappa shape index (κ3) is 5.04. The topological polar surface area (TPSA) is 33.9 Å². The van der Waals surface area contributed by atoms with Crippen molar-refractivity contribution in [3.05, 3.63) is 77.1 Å². The lowest BCUT2D eigenvalue weighted by Gasteiger charge is -2.16. The molecular formula is C18H18N2O2. The lowest BCUT2D eigenvalue weighted by Crippen LogP contribution is -2.26. The first kappa shape index (κ1) is 15.7. The highest BCUT2D eigenvalue weighted by Crippen LogP contribution is 2.13. The summed E-state index contributed by atoms with van der Waals surface area (Å²) in [4.78, 5) is 17.1. The average Bonchev–Trinajstić information content (AvgIpc) is 2.54. The maximum Gasteiger partial charge on any atom is 0.320 e. The Morgan fingerprint density at radius 3 is 2.41 bits per heavy atom. The second kappa shape index (κ2) is 7.96. The lowest BCUT2D eigenvalue weighted by atomic mass is 10.2. The van der Waals surface area contributed by atoms with Crippen LogP contribution >= 0.6 is 0 Å². The van der Waals surface area contributed by atoms with Crippen LogP contribution in [0.15, 0.2) is 54.6 Å². The van der Waals surface area contributed by atoms with Crippen LogP contribution < -0.4 is 0 Å². The zero-order valence-electron chi connectivity index (χ0n) is 12.5. The molecule has 0 radical (unpaired) electrons. The fourth-order valence-electron chi connectivity index (χ4n) is 2.05. The number of carbonyl (C=O) groups excluding carboxylic acids is 1. The second-order valence-electron chi connectivity index (χ2n) is 5.10. The van der Waals surface area contributed by atoms with Crippen LogP contribution in [0.25, 0.3) is 4.85 Å². The van der Waals surface area contributed by atoms with E-state index in [2.05, 4.69) is 4.85 Å². The minimum atomic E-state index is -0.246. The molecule has 0 N–H and O–H groups in total. The predicted molar refractivity (Wildman–Crippen MR) is 85.3 cm³/mol. The number of esters is 1. The van der Waals surface area contributed by atoms with Crippen LogP contribution in [0.1, 0.15) is 11.1 Å². The average molecular weight is 294 g/mol. The third-order valence-electron chi connectivity index (χ3n) is 3.16. The van der Waals surface area contributed by atoms with Crippen LogP contribution in [0.4, 0.5) is 5.69 Å². The van der Waals surface area contributed by atoms with Crippen molar-refractivity contribution in [2.75, 3.05) is 13.6 Å². The minimum Gasteiger partial charge on any atom is -0.460 e. The summed E-state index contributed by atoms with van der Waals surface area (Å²) in [5.74, 6) is -0.246. The molecule has 0 fully saturated rings. The van der Waals surface area contributed by atoms with Gasteiger partial charge in [-0.2, -0.15) is 0 Å². The van der Waals surface area contributed by atoms with Crippen LogP contribution in [0.2, 0.25) is 0 Å². The van der Waals surface area contributed by atoms with Gasteiger partial charge in [-0.3, -0.25) is 9.69 Å². The maximum absolute atomic E-state index is 11.8. The Morgan fingerprint density at radius 1 is 1.09 bits per heavy atom. The van der Waals surface area contributed by atoms with Gasteiger partial charge in [-0.1, -0.05) is 54.6 Å². The predicted octanol–water partition coefficient (Wildman–Crippen LogP) is 3.41. The Balaban J connectivity index is 1.77. The Bertz CT molecular complexity index is 645. The molecule has 0 aliphatic heterocycles. The summed E-state index contributed by atoms with van der Waals surface area (Å²) < 4.78 is 5.25. The summed E-state index contributed by atoms with van der Waals surface area (Å²) in [6.07, 6.45) is 0. The van der Waals surface area contributed by atoms with Gasteiger partial charge in [-0.05, 0) is 18.2 Å². The van der Waals surface area contributed by atoms with Crippen LogP contribution in [0, 0.1) is 6.57 Å². The van der Waals surface area contributed by atoms with Crippen molar-refractivity contribution >= 4 is 11.7 Å². The van der Waals surface area contributed by atoms with E-state index in [-0.39, 0.29) is 12.5 Å². The van der Waals surface area contributed by atoms with Gasteiger partial charge in [0.05, 0.1) is 13.1 Å². The van der Waals surface area contributed by atoms with E-state index in [0.717, 1.165) is 11.1 Å². The van der Waals surface area contributed by atoms with Crippen molar-refractivity contribution in [1.29, 1.82) is 0 Å². The van der Waals surface area contributed by atoms with E-state index in [4.69, 9.17) is 11.3 Å². The van der Waals surface area contributed by atoms with Crippen LogP contribution in [-0.2, 0) is 22.7 Å². The third-order valence-corrected chi connectivity index (χ3v) is 3.16. The van der Waals surface area contributed by atoms with Gasteiger partial charge in [0.25, 0.3) is 0 Å². The number of nitrogens with zero attached hydrogens (tertiary/aromatic N) is 2. The van der Waals surface area contributed by atoms with Crippen molar-refractivity contribution in [2.45, 2.75) is 13.2 Å². The zero-order chi connectivity index (χ0) is 15.8. The molecule has 22 heavy (non-hydrogen) atoms. The second-order valence-corrected chi connectivity index (χ2v) is 5.10. The lowest BCUT2D eigenvalue weighted by molar-refractivity contribution is -0.146. The number of hydrogen-bond donors (Lipinski definition) is 0. The van der Waals surface area contributed by atoms with Gasteiger partial charge in [0.1, 0.15) is 6.61 Å². The van der Waals surface area contributed by atoms with Crippen molar-refractivity contribution in [2.24, 2.45) is 0 Å². The number of carbonyl (C=O) groups is 1. The fraction of sp³-hybridized carbons (Fsp3) is 0.222. The van der Waals surface area contributed by atoms with Crippen LogP contribution in [-0.4, -0.2) is 24.5 Å². The minimum absolute atomic E-state index is 0.234. The van der Waals surface area contributed by atoms with Gasteiger partial charge in [-0.25, -0.2) is 4.85 Å². The van der Waals surface area contributed by atoms with E-state index in [1.165, 1.54) is 0 Å². The molecule has 0 aromatic heterocycles. The molecule has 4 heteroatoms. The Morgan fingerprint density at radius 2 is 1.77 bits per heavy atom. The van der Waals surface area contributed by atoms with Crippen molar-refractivity contribution in [1.82, 2.24) is 4.90 Å². The first-order valence-corrected chi connectivity index (χ1v) is 7.02. The van der Waals surface area contributed by atoms with E-state index in [1.807, 2.05) is 54.4 Å². The van der Waals surface area contributed by atoms with Crippen molar-refractivity contribution in [3.63, 3.8) is 0 Å². The summed E-state index contributed by atoms with van der Waals surface area (Å²) in [6, 6.07) is 17.0. The molecule has 0 amide bonds. The van der Waals surface area contributed by atoms with E-state index >= 15 is 0 Å². The first-order chi connectivity index (χ1) is 10.7. The summed E-state index contributed by atoms with van der Waals surface area (Å²) in [7, 11) is 1.87. The normalized spacial score (nSPS) is 10.2.